The van der Waals surface area contributed by atoms with Crippen molar-refractivity contribution in [1.82, 2.24) is 10.2 Å². The SMILES string of the molecule is COc1cccc2c1OCC(C(=O)NCC(c1c(F)cccc1Cl)N1CCOC(C)C1)=C2. The molecule has 4 rings (SSSR count). The van der Waals surface area contributed by atoms with E-state index in [2.05, 4.69) is 10.2 Å². The zero-order valence-electron chi connectivity index (χ0n) is 18.1. The number of rotatable bonds is 6. The lowest BCUT2D eigenvalue weighted by atomic mass is 10.0. The third kappa shape index (κ3) is 4.75. The van der Waals surface area contributed by atoms with Crippen LogP contribution in [0.1, 0.15) is 24.1 Å². The summed E-state index contributed by atoms with van der Waals surface area (Å²) in [6, 6.07) is 9.73. The van der Waals surface area contributed by atoms with E-state index in [4.69, 9.17) is 25.8 Å². The molecule has 0 spiro atoms. The lowest BCUT2D eigenvalue weighted by Crippen LogP contribution is -2.47. The van der Waals surface area contributed by atoms with E-state index >= 15 is 0 Å². The first-order valence-electron chi connectivity index (χ1n) is 10.6. The molecule has 170 valence electrons. The first-order chi connectivity index (χ1) is 15.5. The molecule has 1 fully saturated rings. The molecule has 2 aromatic rings. The van der Waals surface area contributed by atoms with E-state index in [9.17, 15) is 9.18 Å². The average molecular weight is 461 g/mol. The number of carbonyl (C=O) groups excluding carboxylic acids is 1. The number of morpholine rings is 1. The van der Waals surface area contributed by atoms with Crippen molar-refractivity contribution in [2.24, 2.45) is 0 Å². The van der Waals surface area contributed by atoms with Crippen LogP contribution in [-0.2, 0) is 9.53 Å². The van der Waals surface area contributed by atoms with Crippen LogP contribution in [0.15, 0.2) is 42.0 Å². The molecule has 2 heterocycles. The van der Waals surface area contributed by atoms with E-state index in [1.807, 2.05) is 25.1 Å². The monoisotopic (exact) mass is 460 g/mol. The third-order valence-corrected chi connectivity index (χ3v) is 6.05. The second-order valence-electron chi connectivity index (χ2n) is 7.87. The van der Waals surface area contributed by atoms with Gasteiger partial charge >= 0.3 is 0 Å². The minimum absolute atomic E-state index is 0.00781. The maximum absolute atomic E-state index is 14.8. The zero-order valence-corrected chi connectivity index (χ0v) is 18.8. The maximum Gasteiger partial charge on any atom is 0.250 e. The first-order valence-corrected chi connectivity index (χ1v) is 10.9. The molecule has 0 bridgehead atoms. The van der Waals surface area contributed by atoms with Gasteiger partial charge in [-0.3, -0.25) is 9.69 Å². The van der Waals surface area contributed by atoms with Crippen LogP contribution in [0, 0.1) is 5.82 Å². The molecule has 0 radical (unpaired) electrons. The Balaban J connectivity index is 1.54. The Labute approximate surface area is 191 Å². The summed E-state index contributed by atoms with van der Waals surface area (Å²) in [4.78, 5) is 15.1. The topological polar surface area (TPSA) is 60.0 Å². The number of hydrogen-bond acceptors (Lipinski definition) is 5. The minimum Gasteiger partial charge on any atom is -0.493 e. The predicted octanol–water partition coefficient (Wildman–Crippen LogP) is 3.84. The highest BCUT2D eigenvalue weighted by Gasteiger charge is 2.30. The fourth-order valence-electron chi connectivity index (χ4n) is 4.15. The lowest BCUT2D eigenvalue weighted by molar-refractivity contribution is -0.118. The molecule has 2 aliphatic heterocycles. The molecule has 2 aromatic carbocycles. The number of methoxy groups -OCH3 is 1. The number of fused-ring (bicyclic) bond motifs is 1. The first kappa shape index (κ1) is 22.6. The van der Waals surface area contributed by atoms with Gasteiger partial charge in [0.25, 0.3) is 5.91 Å². The molecule has 2 aliphatic rings. The predicted molar refractivity (Wildman–Crippen MR) is 121 cm³/mol. The van der Waals surface area contributed by atoms with E-state index < -0.39 is 11.9 Å². The van der Waals surface area contributed by atoms with E-state index in [1.165, 1.54) is 6.07 Å². The largest absolute Gasteiger partial charge is 0.493 e. The van der Waals surface area contributed by atoms with Gasteiger partial charge in [0, 0.05) is 35.8 Å². The second kappa shape index (κ2) is 9.90. The van der Waals surface area contributed by atoms with Gasteiger partial charge < -0.3 is 19.5 Å². The quantitative estimate of drug-likeness (QED) is 0.709. The molecule has 0 aliphatic carbocycles. The average Bonchev–Trinajstić information content (AvgIpc) is 2.79. The summed E-state index contributed by atoms with van der Waals surface area (Å²) in [5, 5.41) is 3.29. The van der Waals surface area contributed by atoms with Crippen molar-refractivity contribution in [2.45, 2.75) is 19.1 Å². The Morgan fingerprint density at radius 1 is 1.34 bits per heavy atom. The number of ether oxygens (including phenoxy) is 3. The van der Waals surface area contributed by atoms with Crippen LogP contribution >= 0.6 is 11.6 Å². The summed E-state index contributed by atoms with van der Waals surface area (Å²) in [6.07, 6.45) is 1.80. The van der Waals surface area contributed by atoms with Crippen molar-refractivity contribution >= 4 is 23.6 Å². The van der Waals surface area contributed by atoms with Gasteiger partial charge in [-0.15, -0.1) is 0 Å². The van der Waals surface area contributed by atoms with Crippen LogP contribution in [-0.4, -0.2) is 56.9 Å². The van der Waals surface area contributed by atoms with Crippen molar-refractivity contribution < 1.29 is 23.4 Å². The summed E-state index contributed by atoms with van der Waals surface area (Å²) < 4.78 is 31.5. The summed E-state index contributed by atoms with van der Waals surface area (Å²) in [7, 11) is 1.57. The van der Waals surface area contributed by atoms with Crippen LogP contribution < -0.4 is 14.8 Å². The van der Waals surface area contributed by atoms with Gasteiger partial charge in [0.15, 0.2) is 11.5 Å². The number of amides is 1. The van der Waals surface area contributed by atoms with E-state index in [0.717, 1.165) is 5.56 Å². The van der Waals surface area contributed by atoms with Crippen LogP contribution in [0.2, 0.25) is 5.02 Å². The van der Waals surface area contributed by atoms with Gasteiger partial charge in [0.2, 0.25) is 0 Å². The Morgan fingerprint density at radius 2 is 2.16 bits per heavy atom. The Hall–Kier alpha value is -2.61. The molecular formula is C24H26ClFN2O4. The molecule has 1 saturated heterocycles. The summed E-state index contributed by atoms with van der Waals surface area (Å²) >= 11 is 6.37. The maximum atomic E-state index is 14.8. The number of benzene rings is 2. The Bertz CT molecular complexity index is 1010. The molecular weight excluding hydrogens is 435 g/mol. The summed E-state index contributed by atoms with van der Waals surface area (Å²) in [6.45, 7) is 4.07. The molecule has 1 N–H and O–H groups in total. The smallest absolute Gasteiger partial charge is 0.250 e. The Morgan fingerprint density at radius 3 is 2.91 bits per heavy atom. The number of para-hydroxylation sites is 1. The van der Waals surface area contributed by atoms with E-state index in [-0.39, 0.29) is 25.2 Å². The fraction of sp³-hybridized carbons (Fsp3) is 0.375. The van der Waals surface area contributed by atoms with Gasteiger partial charge in [-0.25, -0.2) is 4.39 Å². The van der Waals surface area contributed by atoms with Crippen LogP contribution in [0.25, 0.3) is 6.08 Å². The highest BCUT2D eigenvalue weighted by molar-refractivity contribution is 6.31. The normalized spacial score (nSPS) is 19.4. The molecule has 0 saturated carbocycles. The molecule has 1 amide bonds. The molecule has 6 nitrogen and oxygen atoms in total. The van der Waals surface area contributed by atoms with Crippen molar-refractivity contribution in [3.05, 3.63) is 63.9 Å². The standard InChI is InChI=1S/C24H26ClFN2O4/c1-15-13-28(9-10-31-15)20(22-18(25)6-4-7-19(22)26)12-27-24(29)17-11-16-5-3-8-21(30-2)23(16)32-14-17/h3-8,11,15,20H,9-10,12-14H2,1-2H3,(H,27,29). The molecule has 8 heteroatoms. The van der Waals surface area contributed by atoms with Crippen LogP contribution in [0.3, 0.4) is 0 Å². The third-order valence-electron chi connectivity index (χ3n) is 5.72. The van der Waals surface area contributed by atoms with Gasteiger partial charge in [0.1, 0.15) is 12.4 Å². The number of nitrogens with zero attached hydrogens (tertiary/aromatic N) is 1. The summed E-state index contributed by atoms with van der Waals surface area (Å²) in [5.41, 5.74) is 1.64. The van der Waals surface area contributed by atoms with Crippen molar-refractivity contribution in [1.29, 1.82) is 0 Å². The number of hydrogen-bond donors (Lipinski definition) is 1. The van der Waals surface area contributed by atoms with Crippen LogP contribution in [0.5, 0.6) is 11.5 Å². The zero-order chi connectivity index (χ0) is 22.7. The lowest BCUT2D eigenvalue weighted by Gasteiger charge is -2.38. The summed E-state index contributed by atoms with van der Waals surface area (Å²) in [5.74, 6) is 0.577. The Kier molecular flexibility index (Phi) is 6.98. The van der Waals surface area contributed by atoms with E-state index in [0.29, 0.717) is 47.4 Å². The molecule has 0 aromatic heterocycles. The number of halogens is 2. The van der Waals surface area contributed by atoms with Gasteiger partial charge in [-0.2, -0.15) is 0 Å². The van der Waals surface area contributed by atoms with Gasteiger partial charge in [-0.1, -0.05) is 29.8 Å². The van der Waals surface area contributed by atoms with Crippen molar-refractivity contribution in [3.63, 3.8) is 0 Å². The van der Waals surface area contributed by atoms with Gasteiger partial charge in [0.05, 0.1) is 31.4 Å². The number of nitrogens with one attached hydrogen (secondary N) is 1. The molecule has 32 heavy (non-hydrogen) atoms. The van der Waals surface area contributed by atoms with Crippen molar-refractivity contribution in [3.8, 4) is 11.5 Å². The minimum atomic E-state index is -0.420. The van der Waals surface area contributed by atoms with Gasteiger partial charge in [-0.05, 0) is 31.2 Å². The fourth-order valence-corrected chi connectivity index (χ4v) is 4.44. The highest BCUT2D eigenvalue weighted by Crippen LogP contribution is 2.36. The van der Waals surface area contributed by atoms with Crippen molar-refractivity contribution in [2.75, 3.05) is 40.0 Å². The van der Waals surface area contributed by atoms with Crippen LogP contribution in [0.4, 0.5) is 4.39 Å². The molecule has 2 atom stereocenters. The molecule has 2 unspecified atom stereocenters. The van der Waals surface area contributed by atoms with E-state index in [1.54, 1.807) is 25.3 Å². The number of carbonyl (C=O) groups is 1. The second-order valence-corrected chi connectivity index (χ2v) is 8.28. The highest BCUT2D eigenvalue weighted by atomic mass is 35.5.